The molecule has 0 saturated carbocycles. The Hall–Kier alpha value is -2.35. The number of hydrogen-bond acceptors (Lipinski definition) is 6. The molecule has 0 bridgehead atoms. The molecule has 1 saturated heterocycles. The lowest BCUT2D eigenvalue weighted by Gasteiger charge is -2.16. The highest BCUT2D eigenvalue weighted by Crippen LogP contribution is 2.27. The number of thioether (sulfide) groups is 1. The van der Waals surface area contributed by atoms with Crippen molar-refractivity contribution in [2.75, 3.05) is 31.3 Å². The van der Waals surface area contributed by atoms with E-state index in [9.17, 15) is 0 Å². The highest BCUT2D eigenvalue weighted by Gasteiger charge is 2.26. The standard InChI is InChI=1S/C22H27N5OS/c1-4-15-5-7-16(8-6-15)20-24-22(26-25-20)29-14-19-13-23-21(28-19)17-9-11-18(12-10-17)27(2)3/h5-12,19,21,23H,4,13-14H2,1-3H3,(H,24,25,26)/t19-,21+/m0/s1. The third-order valence-corrected chi connectivity index (χ3v) is 6.05. The number of aryl methyl sites for hydroxylation is 1. The van der Waals surface area contributed by atoms with E-state index in [-0.39, 0.29) is 12.3 Å². The van der Waals surface area contributed by atoms with Gasteiger partial charge in [0.2, 0.25) is 5.16 Å². The zero-order valence-corrected chi connectivity index (χ0v) is 17.9. The molecule has 0 spiro atoms. The molecule has 29 heavy (non-hydrogen) atoms. The third-order valence-electron chi connectivity index (χ3n) is 5.07. The van der Waals surface area contributed by atoms with Gasteiger partial charge in [0.05, 0.1) is 6.10 Å². The molecule has 0 aliphatic carbocycles. The number of rotatable bonds is 7. The van der Waals surface area contributed by atoms with Gasteiger partial charge >= 0.3 is 0 Å². The number of aromatic amines is 1. The van der Waals surface area contributed by atoms with Crippen molar-refractivity contribution in [3.8, 4) is 11.4 Å². The summed E-state index contributed by atoms with van der Waals surface area (Å²) in [7, 11) is 4.09. The van der Waals surface area contributed by atoms with Crippen LogP contribution in [0.5, 0.6) is 0 Å². The van der Waals surface area contributed by atoms with Crippen molar-refractivity contribution in [1.82, 2.24) is 20.5 Å². The number of benzene rings is 2. The molecule has 152 valence electrons. The molecule has 1 aliphatic rings. The molecule has 4 rings (SSSR count). The predicted molar refractivity (Wildman–Crippen MR) is 118 cm³/mol. The number of nitrogens with one attached hydrogen (secondary N) is 2. The Balaban J connectivity index is 1.30. The number of ether oxygens (including phenoxy) is 1. The highest BCUT2D eigenvalue weighted by molar-refractivity contribution is 7.99. The molecule has 2 atom stereocenters. The fraction of sp³-hybridized carbons (Fsp3) is 0.364. The maximum Gasteiger partial charge on any atom is 0.208 e. The predicted octanol–water partition coefficient (Wildman–Crippen LogP) is 3.88. The van der Waals surface area contributed by atoms with Crippen LogP contribution >= 0.6 is 11.8 Å². The summed E-state index contributed by atoms with van der Waals surface area (Å²) >= 11 is 1.62. The summed E-state index contributed by atoms with van der Waals surface area (Å²) in [5.74, 6) is 1.62. The van der Waals surface area contributed by atoms with E-state index in [1.54, 1.807) is 11.8 Å². The van der Waals surface area contributed by atoms with Crippen molar-refractivity contribution in [3.05, 3.63) is 59.7 Å². The SMILES string of the molecule is CCc1ccc(-c2nc(SC[C@@H]3CN[C@@H](c4ccc(N(C)C)cc4)O3)n[nH]2)cc1. The van der Waals surface area contributed by atoms with Crippen LogP contribution in [-0.4, -0.2) is 47.7 Å². The van der Waals surface area contributed by atoms with Gasteiger partial charge in [-0.1, -0.05) is 55.1 Å². The molecule has 1 aromatic heterocycles. The fourth-order valence-corrected chi connectivity index (χ4v) is 4.07. The number of hydrogen-bond donors (Lipinski definition) is 2. The van der Waals surface area contributed by atoms with Crippen molar-refractivity contribution in [1.29, 1.82) is 0 Å². The molecule has 1 fully saturated rings. The zero-order valence-electron chi connectivity index (χ0n) is 17.1. The second-order valence-electron chi connectivity index (χ2n) is 7.36. The minimum absolute atomic E-state index is 0.0587. The third kappa shape index (κ3) is 4.80. The maximum absolute atomic E-state index is 6.18. The van der Waals surface area contributed by atoms with Gasteiger partial charge in [0.1, 0.15) is 6.23 Å². The van der Waals surface area contributed by atoms with Crippen LogP contribution in [0.2, 0.25) is 0 Å². The summed E-state index contributed by atoms with van der Waals surface area (Å²) in [4.78, 5) is 6.71. The smallest absolute Gasteiger partial charge is 0.208 e. The van der Waals surface area contributed by atoms with E-state index in [2.05, 4.69) is 80.9 Å². The molecule has 1 aliphatic heterocycles. The second kappa shape index (κ2) is 8.98. The van der Waals surface area contributed by atoms with Gasteiger partial charge in [-0.2, -0.15) is 0 Å². The molecule has 0 radical (unpaired) electrons. The zero-order chi connectivity index (χ0) is 20.2. The normalized spacial score (nSPS) is 18.9. The van der Waals surface area contributed by atoms with E-state index in [0.29, 0.717) is 0 Å². The van der Waals surface area contributed by atoms with E-state index >= 15 is 0 Å². The Kier molecular flexibility index (Phi) is 6.18. The molecule has 3 aromatic rings. The van der Waals surface area contributed by atoms with Crippen LogP contribution in [0.15, 0.2) is 53.7 Å². The van der Waals surface area contributed by atoms with Gasteiger partial charge in [-0.05, 0) is 29.7 Å². The Morgan fingerprint density at radius 1 is 1.10 bits per heavy atom. The Bertz CT molecular complexity index is 923. The van der Waals surface area contributed by atoms with Crippen molar-refractivity contribution >= 4 is 17.4 Å². The maximum atomic E-state index is 6.18. The van der Waals surface area contributed by atoms with Crippen LogP contribution in [0.25, 0.3) is 11.4 Å². The summed E-state index contributed by atoms with van der Waals surface area (Å²) in [5.41, 5.74) is 4.71. The molecular formula is C22H27N5OS. The van der Waals surface area contributed by atoms with Crippen molar-refractivity contribution in [3.63, 3.8) is 0 Å². The lowest BCUT2D eigenvalue weighted by atomic mass is 10.1. The van der Waals surface area contributed by atoms with Crippen LogP contribution in [0, 0.1) is 0 Å². The summed E-state index contributed by atoms with van der Waals surface area (Å²) in [6.45, 7) is 2.98. The first-order valence-electron chi connectivity index (χ1n) is 9.93. The van der Waals surface area contributed by atoms with Crippen LogP contribution in [0.1, 0.15) is 24.3 Å². The van der Waals surface area contributed by atoms with Gasteiger partial charge in [-0.25, -0.2) is 4.98 Å². The van der Waals surface area contributed by atoms with Crippen LogP contribution < -0.4 is 10.2 Å². The topological polar surface area (TPSA) is 66.1 Å². The van der Waals surface area contributed by atoms with Crippen molar-refractivity contribution in [2.24, 2.45) is 0 Å². The van der Waals surface area contributed by atoms with Crippen LogP contribution in [0.4, 0.5) is 5.69 Å². The minimum atomic E-state index is -0.0587. The molecule has 0 unspecified atom stereocenters. The van der Waals surface area contributed by atoms with E-state index < -0.39 is 0 Å². The molecule has 2 aromatic carbocycles. The van der Waals surface area contributed by atoms with Crippen LogP contribution in [0.3, 0.4) is 0 Å². The van der Waals surface area contributed by atoms with E-state index in [0.717, 1.165) is 40.8 Å². The Morgan fingerprint density at radius 2 is 1.86 bits per heavy atom. The average Bonchev–Trinajstić information content (AvgIpc) is 3.42. The monoisotopic (exact) mass is 409 g/mol. The van der Waals surface area contributed by atoms with E-state index in [1.807, 2.05) is 14.1 Å². The van der Waals surface area contributed by atoms with Gasteiger partial charge in [-0.15, -0.1) is 5.10 Å². The molecule has 2 N–H and O–H groups in total. The summed E-state index contributed by atoms with van der Waals surface area (Å²) < 4.78 is 6.18. The first-order valence-corrected chi connectivity index (χ1v) is 10.9. The second-order valence-corrected chi connectivity index (χ2v) is 8.35. The van der Waals surface area contributed by atoms with E-state index in [4.69, 9.17) is 4.74 Å². The molecule has 0 amide bonds. The number of H-pyrrole nitrogens is 1. The quantitative estimate of drug-likeness (QED) is 0.578. The van der Waals surface area contributed by atoms with Crippen molar-refractivity contribution < 1.29 is 4.74 Å². The summed E-state index contributed by atoms with van der Waals surface area (Å²) in [6, 6.07) is 16.9. The summed E-state index contributed by atoms with van der Waals surface area (Å²) in [5, 5.41) is 11.6. The van der Waals surface area contributed by atoms with Gasteiger partial charge in [0, 0.05) is 37.6 Å². The van der Waals surface area contributed by atoms with Gasteiger partial charge in [0.15, 0.2) is 5.82 Å². The van der Waals surface area contributed by atoms with Crippen LogP contribution in [-0.2, 0) is 11.2 Å². The molecular weight excluding hydrogens is 382 g/mol. The lowest BCUT2D eigenvalue weighted by molar-refractivity contribution is 0.0534. The number of nitrogens with zero attached hydrogens (tertiary/aromatic N) is 3. The Morgan fingerprint density at radius 3 is 2.55 bits per heavy atom. The van der Waals surface area contributed by atoms with E-state index in [1.165, 1.54) is 11.3 Å². The first kappa shape index (κ1) is 19.9. The van der Waals surface area contributed by atoms with Crippen molar-refractivity contribution in [2.45, 2.75) is 30.8 Å². The largest absolute Gasteiger partial charge is 0.378 e. The lowest BCUT2D eigenvalue weighted by Crippen LogP contribution is -2.17. The molecule has 7 heteroatoms. The fourth-order valence-electron chi connectivity index (χ4n) is 3.27. The molecule has 2 heterocycles. The molecule has 6 nitrogen and oxygen atoms in total. The minimum Gasteiger partial charge on any atom is -0.378 e. The number of aromatic nitrogens is 3. The average molecular weight is 410 g/mol. The Labute approximate surface area is 176 Å². The highest BCUT2D eigenvalue weighted by atomic mass is 32.2. The number of anilines is 1. The van der Waals surface area contributed by atoms with Gasteiger partial charge < -0.3 is 9.64 Å². The summed E-state index contributed by atoms with van der Waals surface area (Å²) in [6.07, 6.45) is 1.11. The van der Waals surface area contributed by atoms with Gasteiger partial charge in [-0.3, -0.25) is 10.4 Å². The van der Waals surface area contributed by atoms with Gasteiger partial charge in [0.25, 0.3) is 0 Å². The first-order chi connectivity index (χ1) is 14.1.